The zero-order valence-electron chi connectivity index (χ0n) is 9.61. The molecule has 1 aromatic rings. The maximum absolute atomic E-state index is 11.7. The molecule has 2 heteroatoms. The summed E-state index contributed by atoms with van der Waals surface area (Å²) in [5.41, 5.74) is 7.02. The highest BCUT2D eigenvalue weighted by molar-refractivity contribution is 5.96. The number of benzene rings is 1. The molecule has 2 nitrogen and oxygen atoms in total. The van der Waals surface area contributed by atoms with Gasteiger partial charge in [-0.3, -0.25) is 4.79 Å². The molecule has 0 aromatic heterocycles. The number of carbonyl (C=O) groups is 1. The second-order valence-electron chi connectivity index (χ2n) is 3.93. The predicted octanol–water partition coefficient (Wildman–Crippen LogP) is 3.59. The van der Waals surface area contributed by atoms with Gasteiger partial charge in [0, 0.05) is 17.7 Å². The van der Waals surface area contributed by atoms with Crippen LogP contribution in [0.15, 0.2) is 36.9 Å². The van der Waals surface area contributed by atoms with E-state index in [-0.39, 0.29) is 5.78 Å². The third-order valence-electron chi connectivity index (χ3n) is 2.54. The van der Waals surface area contributed by atoms with E-state index in [4.69, 9.17) is 5.73 Å². The normalized spacial score (nSPS) is 10.0. The molecular formula is C14H19NO. The van der Waals surface area contributed by atoms with Gasteiger partial charge in [-0.15, -0.1) is 6.58 Å². The number of carbonyl (C=O) groups excluding carboxylic acids is 1. The monoisotopic (exact) mass is 217 g/mol. The Labute approximate surface area is 97.2 Å². The van der Waals surface area contributed by atoms with Crippen LogP contribution in [0.3, 0.4) is 0 Å². The van der Waals surface area contributed by atoms with E-state index in [0.29, 0.717) is 12.1 Å². The molecule has 86 valence electrons. The fourth-order valence-electron chi connectivity index (χ4n) is 1.56. The molecule has 0 amide bonds. The summed E-state index contributed by atoms with van der Waals surface area (Å²) in [4.78, 5) is 11.7. The first-order valence-electron chi connectivity index (χ1n) is 5.73. The summed E-state index contributed by atoms with van der Waals surface area (Å²) in [6.45, 7) is 3.67. The van der Waals surface area contributed by atoms with Gasteiger partial charge in [0.25, 0.3) is 0 Å². The van der Waals surface area contributed by atoms with Crippen molar-refractivity contribution in [3.63, 3.8) is 0 Å². The number of unbranched alkanes of at least 4 members (excludes halogenated alkanes) is 3. The van der Waals surface area contributed by atoms with Crippen LogP contribution in [0.1, 0.15) is 42.5 Å². The molecule has 0 atom stereocenters. The van der Waals surface area contributed by atoms with Gasteiger partial charge in [0.05, 0.1) is 0 Å². The molecule has 0 aliphatic heterocycles. The molecule has 1 rings (SSSR count). The molecule has 16 heavy (non-hydrogen) atoms. The van der Waals surface area contributed by atoms with Gasteiger partial charge >= 0.3 is 0 Å². The Hall–Kier alpha value is -1.57. The van der Waals surface area contributed by atoms with E-state index in [1.54, 1.807) is 24.3 Å². The Kier molecular flexibility index (Phi) is 5.34. The van der Waals surface area contributed by atoms with Crippen LogP contribution in [0.2, 0.25) is 0 Å². The highest BCUT2D eigenvalue weighted by Crippen LogP contribution is 2.11. The fraction of sp³-hybridized carbons (Fsp3) is 0.357. The number of anilines is 1. The van der Waals surface area contributed by atoms with Crippen molar-refractivity contribution in [2.75, 3.05) is 5.73 Å². The van der Waals surface area contributed by atoms with E-state index in [0.717, 1.165) is 31.2 Å². The molecular weight excluding hydrogens is 198 g/mol. The summed E-state index contributed by atoms with van der Waals surface area (Å²) >= 11 is 0. The Morgan fingerprint density at radius 2 is 1.88 bits per heavy atom. The van der Waals surface area contributed by atoms with Crippen molar-refractivity contribution < 1.29 is 4.79 Å². The van der Waals surface area contributed by atoms with Crippen molar-refractivity contribution in [1.29, 1.82) is 0 Å². The van der Waals surface area contributed by atoms with E-state index in [1.807, 2.05) is 6.08 Å². The summed E-state index contributed by atoms with van der Waals surface area (Å²) < 4.78 is 0. The average Bonchev–Trinajstić information content (AvgIpc) is 2.29. The van der Waals surface area contributed by atoms with E-state index in [2.05, 4.69) is 6.58 Å². The number of nitrogen functional groups attached to an aromatic ring is 1. The van der Waals surface area contributed by atoms with E-state index >= 15 is 0 Å². The predicted molar refractivity (Wildman–Crippen MR) is 68.5 cm³/mol. The lowest BCUT2D eigenvalue weighted by Crippen LogP contribution is -1.99. The quantitative estimate of drug-likeness (QED) is 0.328. The van der Waals surface area contributed by atoms with Crippen molar-refractivity contribution in [3.05, 3.63) is 42.5 Å². The van der Waals surface area contributed by atoms with Crippen LogP contribution >= 0.6 is 0 Å². The number of ketones is 1. The van der Waals surface area contributed by atoms with Crippen LogP contribution in [0.25, 0.3) is 0 Å². The molecule has 1 aromatic carbocycles. The Bertz CT molecular complexity index is 340. The van der Waals surface area contributed by atoms with Crippen molar-refractivity contribution in [2.24, 2.45) is 0 Å². The van der Waals surface area contributed by atoms with Gasteiger partial charge in [0.2, 0.25) is 0 Å². The first-order valence-corrected chi connectivity index (χ1v) is 5.73. The number of nitrogens with two attached hydrogens (primary N) is 1. The van der Waals surface area contributed by atoms with Crippen LogP contribution in [-0.2, 0) is 0 Å². The SMILES string of the molecule is C=CCCCCCC(=O)c1ccc(N)cc1. The van der Waals surface area contributed by atoms with Gasteiger partial charge in [0.1, 0.15) is 0 Å². The number of rotatable bonds is 7. The highest BCUT2D eigenvalue weighted by Gasteiger charge is 2.04. The number of hydrogen-bond donors (Lipinski definition) is 1. The average molecular weight is 217 g/mol. The molecule has 0 aliphatic rings. The first-order chi connectivity index (χ1) is 7.74. The van der Waals surface area contributed by atoms with E-state index < -0.39 is 0 Å². The maximum Gasteiger partial charge on any atom is 0.162 e. The minimum atomic E-state index is 0.207. The van der Waals surface area contributed by atoms with Crippen molar-refractivity contribution in [2.45, 2.75) is 32.1 Å². The second kappa shape index (κ2) is 6.83. The van der Waals surface area contributed by atoms with E-state index in [9.17, 15) is 4.79 Å². The lowest BCUT2D eigenvalue weighted by molar-refractivity contribution is 0.0979. The fourth-order valence-corrected chi connectivity index (χ4v) is 1.56. The largest absolute Gasteiger partial charge is 0.399 e. The number of allylic oxidation sites excluding steroid dienone is 1. The van der Waals surface area contributed by atoms with Gasteiger partial charge in [0.15, 0.2) is 5.78 Å². The van der Waals surface area contributed by atoms with Gasteiger partial charge in [-0.2, -0.15) is 0 Å². The third-order valence-corrected chi connectivity index (χ3v) is 2.54. The van der Waals surface area contributed by atoms with E-state index in [1.165, 1.54) is 0 Å². The minimum absolute atomic E-state index is 0.207. The van der Waals surface area contributed by atoms with Crippen molar-refractivity contribution >= 4 is 11.5 Å². The summed E-state index contributed by atoms with van der Waals surface area (Å²) in [5, 5.41) is 0. The van der Waals surface area contributed by atoms with Crippen molar-refractivity contribution in [3.8, 4) is 0 Å². The van der Waals surface area contributed by atoms with Crippen LogP contribution in [0, 0.1) is 0 Å². The Balaban J connectivity index is 2.29. The number of hydrogen-bond acceptors (Lipinski definition) is 2. The highest BCUT2D eigenvalue weighted by atomic mass is 16.1. The maximum atomic E-state index is 11.7. The second-order valence-corrected chi connectivity index (χ2v) is 3.93. The molecule has 0 saturated heterocycles. The summed E-state index contributed by atoms with van der Waals surface area (Å²) in [5.74, 6) is 0.207. The standard InChI is InChI=1S/C14H19NO/c1-2-3-4-5-6-7-14(16)12-8-10-13(15)11-9-12/h2,8-11H,1,3-7,15H2. The van der Waals surface area contributed by atoms with Gasteiger partial charge in [-0.25, -0.2) is 0 Å². The molecule has 0 bridgehead atoms. The molecule has 0 saturated carbocycles. The van der Waals surface area contributed by atoms with Crippen LogP contribution < -0.4 is 5.73 Å². The van der Waals surface area contributed by atoms with Gasteiger partial charge in [-0.1, -0.05) is 12.5 Å². The smallest absolute Gasteiger partial charge is 0.162 e. The molecule has 0 fully saturated rings. The topological polar surface area (TPSA) is 43.1 Å². The summed E-state index contributed by atoms with van der Waals surface area (Å²) in [6, 6.07) is 7.12. The molecule has 2 N–H and O–H groups in total. The van der Waals surface area contributed by atoms with Crippen LogP contribution in [-0.4, -0.2) is 5.78 Å². The third kappa shape index (κ3) is 4.30. The molecule has 0 heterocycles. The van der Waals surface area contributed by atoms with Crippen LogP contribution in [0.5, 0.6) is 0 Å². The van der Waals surface area contributed by atoms with Gasteiger partial charge in [-0.05, 0) is 43.5 Å². The van der Waals surface area contributed by atoms with Gasteiger partial charge < -0.3 is 5.73 Å². The molecule has 0 unspecified atom stereocenters. The summed E-state index contributed by atoms with van der Waals surface area (Å²) in [6.07, 6.45) is 6.75. The minimum Gasteiger partial charge on any atom is -0.399 e. The zero-order chi connectivity index (χ0) is 11.8. The Morgan fingerprint density at radius 1 is 1.19 bits per heavy atom. The lowest BCUT2D eigenvalue weighted by atomic mass is 10.0. The molecule has 0 spiro atoms. The summed E-state index contributed by atoms with van der Waals surface area (Å²) in [7, 11) is 0. The van der Waals surface area contributed by atoms with Crippen LogP contribution in [0.4, 0.5) is 5.69 Å². The lowest BCUT2D eigenvalue weighted by Gasteiger charge is -2.01. The van der Waals surface area contributed by atoms with Crippen molar-refractivity contribution in [1.82, 2.24) is 0 Å². The number of Topliss-reactive ketones (excluding diaryl/α,β-unsaturated/α-hetero) is 1. The molecule has 0 aliphatic carbocycles. The zero-order valence-corrected chi connectivity index (χ0v) is 9.61. The Morgan fingerprint density at radius 3 is 2.50 bits per heavy atom. The molecule has 0 radical (unpaired) electrons. The first kappa shape index (κ1) is 12.5.